The van der Waals surface area contributed by atoms with Gasteiger partial charge in [0.05, 0.1) is 36.6 Å². The predicted octanol–water partition coefficient (Wildman–Crippen LogP) is 6.58. The number of nitriles is 2. The highest BCUT2D eigenvalue weighted by molar-refractivity contribution is 7.47. The van der Waals surface area contributed by atoms with Crippen molar-refractivity contribution in [2.45, 2.75) is 133 Å². The first-order valence-corrected chi connectivity index (χ1v) is 20.0. The molecule has 5 N–H and O–H groups in total. The van der Waals surface area contributed by atoms with E-state index in [0.717, 1.165) is 31.7 Å². The summed E-state index contributed by atoms with van der Waals surface area (Å²) < 4.78 is 50.7. The number of fused-ring (bicyclic) bond motifs is 1. The number of aliphatic hydroxyl groups excluding tert-OH is 2. The monoisotopic (exact) mass is 758 g/mol. The summed E-state index contributed by atoms with van der Waals surface area (Å²) in [6, 6.07) is 10.7. The van der Waals surface area contributed by atoms with Gasteiger partial charge in [0.15, 0.2) is 5.82 Å². The second-order valence-electron chi connectivity index (χ2n) is 13.6. The molecular weight excluding hydrogens is 706 g/mol. The van der Waals surface area contributed by atoms with Crippen molar-refractivity contribution in [1.82, 2.24) is 14.6 Å². The summed E-state index contributed by atoms with van der Waals surface area (Å²) in [6.45, 7) is 0.855. The highest BCUT2D eigenvalue weighted by atomic mass is 31.2. The second kappa shape index (κ2) is 20.8. The fraction of sp³-hybridized carbons (Fsp3) is 0.622. The van der Waals surface area contributed by atoms with Crippen molar-refractivity contribution < 1.29 is 42.6 Å². The minimum atomic E-state index is -4.86. The van der Waals surface area contributed by atoms with Crippen LogP contribution < -0.4 is 5.73 Å². The summed E-state index contributed by atoms with van der Waals surface area (Å²) in [4.78, 5) is 14.5. The van der Waals surface area contributed by atoms with E-state index in [1.54, 1.807) is 12.1 Å². The van der Waals surface area contributed by atoms with Gasteiger partial charge >= 0.3 is 7.82 Å². The Morgan fingerprint density at radius 1 is 1.02 bits per heavy atom. The van der Waals surface area contributed by atoms with Gasteiger partial charge in [-0.05, 0) is 42.3 Å². The van der Waals surface area contributed by atoms with Crippen molar-refractivity contribution in [2.24, 2.45) is 0 Å². The molecule has 14 nitrogen and oxygen atoms in total. The number of aromatic nitrogens is 3. The van der Waals surface area contributed by atoms with E-state index in [2.05, 4.69) is 17.0 Å². The van der Waals surface area contributed by atoms with E-state index in [0.29, 0.717) is 17.5 Å². The summed E-state index contributed by atoms with van der Waals surface area (Å²) in [5, 5.41) is 45.1. The molecule has 1 fully saturated rings. The number of anilines is 1. The normalized spacial score (nSPS) is 21.7. The lowest BCUT2D eigenvalue weighted by atomic mass is 9.96. The molecule has 1 saturated heterocycles. The zero-order valence-corrected chi connectivity index (χ0v) is 31.2. The minimum absolute atomic E-state index is 0.0721. The molecule has 1 aliphatic rings. The number of nitrogen functional groups attached to an aromatic ring is 1. The number of nitrogens with zero attached hydrogens (tertiary/aromatic N) is 5. The van der Waals surface area contributed by atoms with Crippen molar-refractivity contribution in [1.29, 1.82) is 10.5 Å². The van der Waals surface area contributed by atoms with Gasteiger partial charge in [0, 0.05) is 0 Å². The molecule has 0 bridgehead atoms. The van der Waals surface area contributed by atoms with Crippen LogP contribution in [-0.4, -0.2) is 66.8 Å². The van der Waals surface area contributed by atoms with Gasteiger partial charge in [-0.3, -0.25) is 9.05 Å². The molecular formula is C37H52FN6O8P. The Morgan fingerprint density at radius 3 is 2.32 bits per heavy atom. The first-order valence-electron chi connectivity index (χ1n) is 18.5. The number of unbranched alkanes of at least 4 members (excludes halogenated alkanes) is 12. The number of rotatable bonds is 24. The molecule has 3 heterocycles. The first kappa shape index (κ1) is 42.2. The molecule has 1 aliphatic heterocycles. The zero-order chi connectivity index (χ0) is 38.3. The number of ether oxygens (including phenoxy) is 2. The van der Waals surface area contributed by atoms with Gasteiger partial charge in [0.2, 0.25) is 5.60 Å². The van der Waals surface area contributed by atoms with E-state index in [9.17, 15) is 34.6 Å². The van der Waals surface area contributed by atoms with Crippen LogP contribution in [0, 0.1) is 28.5 Å². The summed E-state index contributed by atoms with van der Waals surface area (Å²) >= 11 is 0. The Hall–Kier alpha value is -3.50. The molecule has 0 aliphatic carbocycles. The van der Waals surface area contributed by atoms with Gasteiger partial charge in [-0.1, -0.05) is 90.4 Å². The maximum Gasteiger partial charge on any atom is 0.472 e. The van der Waals surface area contributed by atoms with E-state index in [1.807, 2.05) is 6.07 Å². The second-order valence-corrected chi connectivity index (χ2v) is 15.1. The van der Waals surface area contributed by atoms with E-state index < -0.39 is 50.3 Å². The topological polar surface area (TPSA) is 218 Å². The predicted molar refractivity (Wildman–Crippen MR) is 193 cm³/mol. The number of phosphoric ester groups is 1. The molecule has 3 aromatic rings. The molecule has 4 rings (SSSR count). The van der Waals surface area contributed by atoms with Gasteiger partial charge < -0.3 is 30.3 Å². The molecule has 2 aromatic heterocycles. The summed E-state index contributed by atoms with van der Waals surface area (Å²) in [5.41, 5.74) is 4.88. The van der Waals surface area contributed by atoms with E-state index in [4.69, 9.17) is 24.3 Å². The Balaban J connectivity index is 1.29. The van der Waals surface area contributed by atoms with Gasteiger partial charge in [0.1, 0.15) is 48.6 Å². The number of benzene rings is 1. The van der Waals surface area contributed by atoms with Crippen LogP contribution in [0.2, 0.25) is 0 Å². The average molecular weight is 759 g/mol. The highest BCUT2D eigenvalue weighted by Crippen LogP contribution is 2.48. The highest BCUT2D eigenvalue weighted by Gasteiger charge is 2.57. The standard InChI is InChI=1S/C37H52FN6O8P/c1-2-3-4-5-6-7-8-9-10-11-12-13-14-15-30(49-22-28-18-27(21-39)19-29(38)20-28)23-50-53(47,48)51-25-37(24-40)35(46)33(45)34(52-37)31-16-17-32-36(41)42-26-43-44(31)32/h16-20,26,30,33-35,45-46H,2-15,22-23,25H2,1H3,(H,47,48)(H2,41,42,43)/t30-,33+,34+,35+,37-/m1/s1. The molecule has 53 heavy (non-hydrogen) atoms. The Morgan fingerprint density at radius 2 is 1.68 bits per heavy atom. The Labute approximate surface area is 310 Å². The lowest BCUT2D eigenvalue weighted by Gasteiger charge is -2.26. The molecule has 0 saturated carbocycles. The van der Waals surface area contributed by atoms with Gasteiger partial charge in [-0.25, -0.2) is 18.5 Å². The van der Waals surface area contributed by atoms with Gasteiger partial charge in [0.25, 0.3) is 0 Å². The van der Waals surface area contributed by atoms with Crippen LogP contribution in [-0.2, 0) is 29.7 Å². The number of hydrogen-bond donors (Lipinski definition) is 4. The van der Waals surface area contributed by atoms with Gasteiger partial charge in [-0.15, -0.1) is 0 Å². The fourth-order valence-corrected chi connectivity index (χ4v) is 7.27. The van der Waals surface area contributed by atoms with Crippen LogP contribution in [0.25, 0.3) is 5.52 Å². The number of hydrogen-bond acceptors (Lipinski definition) is 12. The van der Waals surface area contributed by atoms with Crippen molar-refractivity contribution in [3.63, 3.8) is 0 Å². The molecule has 1 aromatic carbocycles. The van der Waals surface area contributed by atoms with Crippen molar-refractivity contribution in [3.8, 4) is 12.1 Å². The molecule has 0 spiro atoms. The maximum atomic E-state index is 14.0. The molecule has 0 amide bonds. The number of nitrogens with two attached hydrogens (primary N) is 1. The van der Waals surface area contributed by atoms with Crippen molar-refractivity contribution in [3.05, 3.63) is 59.3 Å². The number of halogens is 1. The molecule has 1 unspecified atom stereocenters. The maximum absolute atomic E-state index is 14.0. The lowest BCUT2D eigenvalue weighted by Crippen LogP contribution is -2.45. The number of phosphoric acid groups is 1. The average Bonchev–Trinajstić information content (AvgIpc) is 3.69. The Kier molecular flexibility index (Phi) is 16.6. The van der Waals surface area contributed by atoms with Crippen LogP contribution in [0.3, 0.4) is 0 Å². The van der Waals surface area contributed by atoms with Crippen LogP contribution >= 0.6 is 7.82 Å². The van der Waals surface area contributed by atoms with Crippen molar-refractivity contribution >= 4 is 19.2 Å². The molecule has 290 valence electrons. The summed E-state index contributed by atoms with van der Waals surface area (Å²) in [7, 11) is -4.86. The van der Waals surface area contributed by atoms with Crippen LogP contribution in [0.15, 0.2) is 36.7 Å². The van der Waals surface area contributed by atoms with E-state index >= 15 is 0 Å². The zero-order valence-electron chi connectivity index (χ0n) is 30.3. The molecule has 0 radical (unpaired) electrons. The molecule has 6 atom stereocenters. The fourth-order valence-electron chi connectivity index (χ4n) is 6.48. The van der Waals surface area contributed by atoms with Crippen LogP contribution in [0.1, 0.15) is 120 Å². The summed E-state index contributed by atoms with van der Waals surface area (Å²) in [5.74, 6) is -0.426. The quantitative estimate of drug-likeness (QED) is 0.0561. The largest absolute Gasteiger partial charge is 0.472 e. The lowest BCUT2D eigenvalue weighted by molar-refractivity contribution is -0.0763. The minimum Gasteiger partial charge on any atom is -0.387 e. The van der Waals surface area contributed by atoms with Gasteiger partial charge in [-0.2, -0.15) is 15.6 Å². The van der Waals surface area contributed by atoms with Crippen molar-refractivity contribution in [2.75, 3.05) is 18.9 Å². The first-order chi connectivity index (χ1) is 25.5. The number of aliphatic hydroxyl groups is 2. The SMILES string of the molecule is CCCCCCCCCCCCCCC[C@H](COP(=O)(O)OC[C@@]1(C#N)O[C@@H](c2ccc3c(N)ncnn23)[C@H](O)[C@@H]1O)OCc1cc(F)cc(C#N)c1. The van der Waals surface area contributed by atoms with Crippen LogP contribution in [0.4, 0.5) is 10.2 Å². The third-order valence-electron chi connectivity index (χ3n) is 9.51. The van der Waals surface area contributed by atoms with E-state index in [-0.39, 0.29) is 30.3 Å². The van der Waals surface area contributed by atoms with E-state index in [1.165, 1.54) is 86.8 Å². The smallest absolute Gasteiger partial charge is 0.387 e. The third-order valence-corrected chi connectivity index (χ3v) is 10.4. The molecule has 16 heteroatoms. The third kappa shape index (κ3) is 12.3. The van der Waals surface area contributed by atoms with Crippen LogP contribution in [0.5, 0.6) is 0 Å². The summed E-state index contributed by atoms with van der Waals surface area (Å²) in [6.07, 6.45) is 11.5. The Bertz CT molecular complexity index is 1730.